The van der Waals surface area contributed by atoms with Crippen LogP contribution in [-0.2, 0) is 12.7 Å². The van der Waals surface area contributed by atoms with Crippen molar-refractivity contribution in [3.63, 3.8) is 0 Å². The molecule has 26 heavy (non-hydrogen) atoms. The molecule has 1 N–H and O–H groups in total. The molecule has 0 atom stereocenters. The van der Waals surface area contributed by atoms with E-state index in [-0.39, 0.29) is 11.6 Å². The van der Waals surface area contributed by atoms with Crippen molar-refractivity contribution < 1.29 is 13.2 Å². The molecule has 0 saturated heterocycles. The minimum absolute atomic E-state index is 0.101. The van der Waals surface area contributed by atoms with Crippen LogP contribution >= 0.6 is 27.5 Å². The number of rotatable bonds is 5. The molecule has 0 amide bonds. The van der Waals surface area contributed by atoms with Crippen molar-refractivity contribution in [3.8, 4) is 11.3 Å². The summed E-state index contributed by atoms with van der Waals surface area (Å²) in [5.74, 6) is -0.101. The fourth-order valence-electron chi connectivity index (χ4n) is 2.18. The van der Waals surface area contributed by atoms with Crippen LogP contribution < -0.4 is 5.32 Å². The molecule has 3 aromatic rings. The fourth-order valence-corrected chi connectivity index (χ4v) is 2.64. The maximum absolute atomic E-state index is 13.2. The molecule has 0 aliphatic heterocycles. The first-order valence-corrected chi connectivity index (χ1v) is 8.62. The van der Waals surface area contributed by atoms with Gasteiger partial charge >= 0.3 is 6.18 Å². The summed E-state index contributed by atoms with van der Waals surface area (Å²) in [6.45, 7) is 0.761. The van der Waals surface area contributed by atoms with E-state index < -0.39 is 11.9 Å². The van der Waals surface area contributed by atoms with Crippen LogP contribution in [0.1, 0.15) is 5.69 Å². The van der Waals surface area contributed by atoms with Gasteiger partial charge in [-0.15, -0.1) is 0 Å². The number of hydrogen-bond acceptors (Lipinski definition) is 4. The summed E-state index contributed by atoms with van der Waals surface area (Å²) in [5, 5.41) is 7.37. The third kappa shape index (κ3) is 4.73. The Kier molecular flexibility index (Phi) is 5.47. The normalized spacial score (nSPS) is 11.6. The van der Waals surface area contributed by atoms with E-state index in [2.05, 4.69) is 36.3 Å². The molecule has 3 rings (SSSR count). The van der Waals surface area contributed by atoms with Gasteiger partial charge < -0.3 is 5.32 Å². The molecule has 0 aliphatic carbocycles. The summed E-state index contributed by atoms with van der Waals surface area (Å²) >= 11 is 9.10. The van der Waals surface area contributed by atoms with Crippen LogP contribution in [0.25, 0.3) is 11.3 Å². The van der Waals surface area contributed by atoms with E-state index in [0.717, 1.165) is 10.5 Å². The third-order valence-corrected chi connectivity index (χ3v) is 4.04. The van der Waals surface area contributed by atoms with Gasteiger partial charge in [-0.2, -0.15) is 18.3 Å². The van der Waals surface area contributed by atoms with Gasteiger partial charge in [-0.1, -0.05) is 23.7 Å². The van der Waals surface area contributed by atoms with E-state index in [1.54, 1.807) is 41.3 Å². The van der Waals surface area contributed by atoms with Crippen LogP contribution in [-0.4, -0.2) is 26.3 Å². The van der Waals surface area contributed by atoms with Gasteiger partial charge in [-0.25, -0.2) is 9.97 Å². The largest absolute Gasteiger partial charge is 0.433 e. The molecule has 10 heteroatoms. The smallest absolute Gasteiger partial charge is 0.352 e. The first kappa shape index (κ1) is 18.7. The van der Waals surface area contributed by atoms with E-state index in [1.165, 1.54) is 0 Å². The topological polar surface area (TPSA) is 55.6 Å². The number of nitrogens with zero attached hydrogens (tertiary/aromatic N) is 4. The molecule has 0 spiro atoms. The molecule has 136 valence electrons. The Morgan fingerprint density at radius 3 is 2.50 bits per heavy atom. The highest BCUT2D eigenvalue weighted by Crippen LogP contribution is 2.31. The Labute approximate surface area is 160 Å². The maximum atomic E-state index is 13.2. The molecule has 2 heterocycles. The van der Waals surface area contributed by atoms with E-state index in [4.69, 9.17) is 11.6 Å². The van der Waals surface area contributed by atoms with Crippen LogP contribution in [0.5, 0.6) is 0 Å². The molecule has 0 saturated carbocycles. The van der Waals surface area contributed by atoms with E-state index in [0.29, 0.717) is 23.7 Å². The standard InChI is InChI=1S/C16H12BrClF3N5/c17-11-8-23-26(9-11)6-5-22-15-24-13(7-14(25-15)16(19,20)21)10-1-3-12(18)4-2-10/h1-4,7-9H,5-6H2,(H,22,24,25). The first-order chi connectivity index (χ1) is 12.3. The van der Waals surface area contributed by atoms with Crippen LogP contribution in [0.3, 0.4) is 0 Å². The third-order valence-electron chi connectivity index (χ3n) is 3.38. The molecule has 5 nitrogen and oxygen atoms in total. The Morgan fingerprint density at radius 1 is 1.15 bits per heavy atom. The van der Waals surface area contributed by atoms with Crippen molar-refractivity contribution in [2.45, 2.75) is 12.7 Å². The van der Waals surface area contributed by atoms with Crippen molar-refractivity contribution in [2.24, 2.45) is 0 Å². The van der Waals surface area contributed by atoms with Crippen LogP contribution in [0, 0.1) is 0 Å². The van der Waals surface area contributed by atoms with Crippen LogP contribution in [0.4, 0.5) is 19.1 Å². The molecule has 0 aliphatic rings. The van der Waals surface area contributed by atoms with Gasteiger partial charge in [0.2, 0.25) is 5.95 Å². The fraction of sp³-hybridized carbons (Fsp3) is 0.188. The molecular formula is C16H12BrClF3N5. The quantitative estimate of drug-likeness (QED) is 0.606. The number of aromatic nitrogens is 4. The Balaban J connectivity index is 1.83. The summed E-state index contributed by atoms with van der Waals surface area (Å²) in [4.78, 5) is 7.75. The van der Waals surface area contributed by atoms with Gasteiger partial charge in [0.05, 0.1) is 22.9 Å². The Hall–Kier alpha value is -2.13. The number of benzene rings is 1. The lowest BCUT2D eigenvalue weighted by Crippen LogP contribution is -2.16. The van der Waals surface area contributed by atoms with Gasteiger partial charge in [0.1, 0.15) is 0 Å². The zero-order valence-electron chi connectivity index (χ0n) is 13.1. The van der Waals surface area contributed by atoms with Gasteiger partial charge in [0.15, 0.2) is 5.69 Å². The van der Waals surface area contributed by atoms with Gasteiger partial charge in [0.25, 0.3) is 0 Å². The lowest BCUT2D eigenvalue weighted by molar-refractivity contribution is -0.141. The number of alkyl halides is 3. The Morgan fingerprint density at radius 2 is 1.88 bits per heavy atom. The van der Waals surface area contributed by atoms with Crippen molar-refractivity contribution in [1.82, 2.24) is 19.7 Å². The molecular weight excluding hydrogens is 435 g/mol. The summed E-state index contributed by atoms with van der Waals surface area (Å²) in [5.41, 5.74) is -0.337. The number of hydrogen-bond donors (Lipinski definition) is 1. The number of nitrogens with one attached hydrogen (secondary N) is 1. The van der Waals surface area contributed by atoms with E-state index in [9.17, 15) is 13.2 Å². The molecule has 1 aromatic carbocycles. The molecule has 0 fully saturated rings. The number of halogens is 5. The predicted octanol–water partition coefficient (Wildman–Crippen LogP) is 4.89. The van der Waals surface area contributed by atoms with E-state index >= 15 is 0 Å². The van der Waals surface area contributed by atoms with Crippen molar-refractivity contribution in [2.75, 3.05) is 11.9 Å². The average Bonchev–Trinajstić information content (AvgIpc) is 3.00. The highest BCUT2D eigenvalue weighted by Gasteiger charge is 2.33. The highest BCUT2D eigenvalue weighted by molar-refractivity contribution is 9.10. The minimum Gasteiger partial charge on any atom is -0.352 e. The molecule has 0 unspecified atom stereocenters. The van der Waals surface area contributed by atoms with Gasteiger partial charge in [0, 0.05) is 23.3 Å². The van der Waals surface area contributed by atoms with E-state index in [1.807, 2.05) is 0 Å². The molecule has 0 radical (unpaired) electrons. The lowest BCUT2D eigenvalue weighted by atomic mass is 10.1. The summed E-state index contributed by atoms with van der Waals surface area (Å²) in [6.07, 6.45) is -1.19. The average molecular weight is 447 g/mol. The van der Waals surface area contributed by atoms with Crippen molar-refractivity contribution in [3.05, 3.63) is 57.9 Å². The molecule has 2 aromatic heterocycles. The Bertz CT molecular complexity index is 896. The monoisotopic (exact) mass is 445 g/mol. The zero-order valence-corrected chi connectivity index (χ0v) is 15.5. The van der Waals surface area contributed by atoms with Gasteiger partial charge in [-0.05, 0) is 34.1 Å². The maximum Gasteiger partial charge on any atom is 0.433 e. The molecule has 0 bridgehead atoms. The second-order valence-corrected chi connectivity index (χ2v) is 6.67. The summed E-state index contributed by atoms with van der Waals surface area (Å²) < 4.78 is 41.9. The van der Waals surface area contributed by atoms with Gasteiger partial charge in [-0.3, -0.25) is 4.68 Å². The highest BCUT2D eigenvalue weighted by atomic mass is 79.9. The van der Waals surface area contributed by atoms with Crippen LogP contribution in [0.15, 0.2) is 47.2 Å². The SMILES string of the molecule is FC(F)(F)c1cc(-c2ccc(Cl)cc2)nc(NCCn2cc(Br)cn2)n1. The summed E-state index contributed by atoms with van der Waals surface area (Å²) in [7, 11) is 0. The number of anilines is 1. The van der Waals surface area contributed by atoms with Crippen molar-refractivity contribution in [1.29, 1.82) is 0 Å². The summed E-state index contributed by atoms with van der Waals surface area (Å²) in [6, 6.07) is 7.31. The zero-order chi connectivity index (χ0) is 18.7. The second-order valence-electron chi connectivity index (χ2n) is 5.32. The lowest BCUT2D eigenvalue weighted by Gasteiger charge is -2.12. The minimum atomic E-state index is -4.58. The van der Waals surface area contributed by atoms with Crippen LogP contribution in [0.2, 0.25) is 5.02 Å². The second kappa shape index (κ2) is 7.63. The predicted molar refractivity (Wildman–Crippen MR) is 95.9 cm³/mol. The van der Waals surface area contributed by atoms with Crippen molar-refractivity contribution >= 4 is 33.5 Å². The first-order valence-electron chi connectivity index (χ1n) is 7.45.